The van der Waals surface area contributed by atoms with Gasteiger partial charge in [0.2, 0.25) is 0 Å². The van der Waals surface area contributed by atoms with Crippen LogP contribution in [0.2, 0.25) is 0 Å². The molecule has 0 fully saturated rings. The van der Waals surface area contributed by atoms with Crippen molar-refractivity contribution in [1.29, 1.82) is 0 Å². The van der Waals surface area contributed by atoms with Gasteiger partial charge in [-0.25, -0.2) is 0 Å². The van der Waals surface area contributed by atoms with Crippen LogP contribution < -0.4 is 11.1 Å². The molecule has 110 valence electrons. The summed E-state index contributed by atoms with van der Waals surface area (Å²) < 4.78 is 0. The summed E-state index contributed by atoms with van der Waals surface area (Å²) in [6.45, 7) is 8.29. The standard InChI is InChI=1S/C18H22N2O/c1-12-9-10-13(19)11-14(12)17(21)20-16-8-6-5-7-15(16)18(2,3)4/h5-11H,19H2,1-4H3,(H,20,21). The number of carbonyl (C=O) groups is 1. The summed E-state index contributed by atoms with van der Waals surface area (Å²) in [5.41, 5.74) is 9.81. The highest BCUT2D eigenvalue weighted by Crippen LogP contribution is 2.29. The van der Waals surface area contributed by atoms with Gasteiger partial charge < -0.3 is 11.1 Å². The lowest BCUT2D eigenvalue weighted by Crippen LogP contribution is -2.19. The highest BCUT2D eigenvalue weighted by Gasteiger charge is 2.19. The number of nitrogens with one attached hydrogen (secondary N) is 1. The Labute approximate surface area is 126 Å². The van der Waals surface area contributed by atoms with Gasteiger partial charge in [-0.15, -0.1) is 0 Å². The van der Waals surface area contributed by atoms with Crippen LogP contribution in [0.25, 0.3) is 0 Å². The summed E-state index contributed by atoms with van der Waals surface area (Å²) >= 11 is 0. The molecule has 0 unspecified atom stereocenters. The number of para-hydroxylation sites is 1. The number of hydrogen-bond acceptors (Lipinski definition) is 2. The summed E-state index contributed by atoms with van der Waals surface area (Å²) in [5, 5.41) is 3.01. The van der Waals surface area contributed by atoms with E-state index in [1.807, 2.05) is 37.3 Å². The van der Waals surface area contributed by atoms with Crippen LogP contribution in [0.4, 0.5) is 11.4 Å². The summed E-state index contributed by atoms with van der Waals surface area (Å²) in [4.78, 5) is 12.5. The Morgan fingerprint density at radius 3 is 2.43 bits per heavy atom. The molecule has 0 saturated heterocycles. The molecule has 0 spiro atoms. The maximum Gasteiger partial charge on any atom is 0.256 e. The van der Waals surface area contributed by atoms with Crippen molar-refractivity contribution in [3.8, 4) is 0 Å². The average molecular weight is 282 g/mol. The van der Waals surface area contributed by atoms with Crippen molar-refractivity contribution in [2.75, 3.05) is 11.1 Å². The maximum atomic E-state index is 12.5. The molecule has 0 atom stereocenters. The zero-order chi connectivity index (χ0) is 15.6. The minimum Gasteiger partial charge on any atom is -0.399 e. The second-order valence-electron chi connectivity index (χ2n) is 6.32. The highest BCUT2D eigenvalue weighted by molar-refractivity contribution is 6.06. The Morgan fingerprint density at radius 2 is 1.76 bits per heavy atom. The van der Waals surface area contributed by atoms with Crippen molar-refractivity contribution in [3.05, 3.63) is 59.2 Å². The van der Waals surface area contributed by atoms with E-state index in [0.29, 0.717) is 11.3 Å². The molecule has 0 radical (unpaired) electrons. The first kappa shape index (κ1) is 15.1. The topological polar surface area (TPSA) is 55.1 Å². The zero-order valence-electron chi connectivity index (χ0n) is 13.0. The molecule has 1 amide bonds. The molecule has 0 bridgehead atoms. The Bertz CT molecular complexity index is 669. The first-order chi connectivity index (χ1) is 9.79. The van der Waals surface area contributed by atoms with Crippen molar-refractivity contribution in [2.45, 2.75) is 33.1 Å². The summed E-state index contributed by atoms with van der Waals surface area (Å²) in [6, 6.07) is 13.3. The van der Waals surface area contributed by atoms with Crippen LogP contribution in [0.1, 0.15) is 42.3 Å². The summed E-state index contributed by atoms with van der Waals surface area (Å²) in [7, 11) is 0. The number of nitrogen functional groups attached to an aromatic ring is 1. The molecule has 2 aromatic rings. The Balaban J connectivity index is 2.35. The number of benzene rings is 2. The van der Waals surface area contributed by atoms with Crippen LogP contribution >= 0.6 is 0 Å². The van der Waals surface area contributed by atoms with E-state index in [1.54, 1.807) is 12.1 Å². The molecular weight excluding hydrogens is 260 g/mol. The Morgan fingerprint density at radius 1 is 1.10 bits per heavy atom. The van der Waals surface area contributed by atoms with E-state index in [9.17, 15) is 4.79 Å². The van der Waals surface area contributed by atoms with Crippen molar-refractivity contribution in [3.63, 3.8) is 0 Å². The molecule has 3 heteroatoms. The van der Waals surface area contributed by atoms with Gasteiger partial charge in [-0.1, -0.05) is 45.0 Å². The third kappa shape index (κ3) is 3.43. The van der Waals surface area contributed by atoms with Crippen LogP contribution in [0.5, 0.6) is 0 Å². The smallest absolute Gasteiger partial charge is 0.256 e. The molecule has 0 aliphatic rings. The van der Waals surface area contributed by atoms with E-state index in [0.717, 1.165) is 16.8 Å². The fourth-order valence-corrected chi connectivity index (χ4v) is 2.32. The van der Waals surface area contributed by atoms with Gasteiger partial charge >= 0.3 is 0 Å². The number of hydrogen-bond donors (Lipinski definition) is 2. The number of anilines is 2. The van der Waals surface area contributed by atoms with Gasteiger partial charge in [0.25, 0.3) is 5.91 Å². The second-order valence-corrected chi connectivity index (χ2v) is 6.32. The van der Waals surface area contributed by atoms with Crippen molar-refractivity contribution < 1.29 is 4.79 Å². The summed E-state index contributed by atoms with van der Waals surface area (Å²) in [5.74, 6) is -0.128. The number of carbonyl (C=O) groups excluding carboxylic acids is 1. The van der Waals surface area contributed by atoms with Gasteiger partial charge in [-0.3, -0.25) is 4.79 Å². The average Bonchev–Trinajstić information content (AvgIpc) is 2.41. The van der Waals surface area contributed by atoms with E-state index < -0.39 is 0 Å². The maximum absolute atomic E-state index is 12.5. The van der Waals surface area contributed by atoms with E-state index in [-0.39, 0.29) is 11.3 Å². The Kier molecular flexibility index (Phi) is 4.03. The third-order valence-corrected chi connectivity index (χ3v) is 3.49. The fourth-order valence-electron chi connectivity index (χ4n) is 2.32. The molecular formula is C18H22N2O. The molecule has 0 heterocycles. The van der Waals surface area contributed by atoms with Crippen LogP contribution in [0.15, 0.2) is 42.5 Å². The predicted molar refractivity (Wildman–Crippen MR) is 88.7 cm³/mol. The normalized spacial score (nSPS) is 11.2. The van der Waals surface area contributed by atoms with Crippen molar-refractivity contribution in [2.24, 2.45) is 0 Å². The number of nitrogens with two attached hydrogens (primary N) is 1. The molecule has 0 aliphatic heterocycles. The molecule has 3 N–H and O–H groups in total. The number of amides is 1. The zero-order valence-corrected chi connectivity index (χ0v) is 13.0. The molecule has 0 saturated carbocycles. The molecule has 0 aromatic heterocycles. The summed E-state index contributed by atoms with van der Waals surface area (Å²) in [6.07, 6.45) is 0. The Hall–Kier alpha value is -2.29. The largest absolute Gasteiger partial charge is 0.399 e. The number of rotatable bonds is 2. The van der Waals surface area contributed by atoms with E-state index >= 15 is 0 Å². The fraction of sp³-hybridized carbons (Fsp3) is 0.278. The van der Waals surface area contributed by atoms with Gasteiger partial charge in [-0.05, 0) is 41.7 Å². The predicted octanol–water partition coefficient (Wildman–Crippen LogP) is 4.13. The van der Waals surface area contributed by atoms with Crippen LogP contribution in [0.3, 0.4) is 0 Å². The van der Waals surface area contributed by atoms with Gasteiger partial charge in [-0.2, -0.15) is 0 Å². The first-order valence-corrected chi connectivity index (χ1v) is 7.06. The van der Waals surface area contributed by atoms with Gasteiger partial charge in [0.15, 0.2) is 0 Å². The lowest BCUT2D eigenvalue weighted by atomic mass is 9.86. The minimum atomic E-state index is -0.128. The van der Waals surface area contributed by atoms with E-state index in [4.69, 9.17) is 5.73 Å². The SMILES string of the molecule is Cc1ccc(N)cc1C(=O)Nc1ccccc1C(C)(C)C. The highest BCUT2D eigenvalue weighted by atomic mass is 16.1. The van der Waals surface area contributed by atoms with Crippen LogP contribution in [0, 0.1) is 6.92 Å². The quantitative estimate of drug-likeness (QED) is 0.814. The first-order valence-electron chi connectivity index (χ1n) is 7.06. The minimum absolute atomic E-state index is 0.0331. The van der Waals surface area contributed by atoms with Gasteiger partial charge in [0, 0.05) is 16.9 Å². The molecule has 3 nitrogen and oxygen atoms in total. The van der Waals surface area contributed by atoms with Crippen molar-refractivity contribution >= 4 is 17.3 Å². The second kappa shape index (κ2) is 5.60. The van der Waals surface area contributed by atoms with Crippen molar-refractivity contribution in [1.82, 2.24) is 0 Å². The molecule has 2 rings (SSSR count). The van der Waals surface area contributed by atoms with E-state index in [2.05, 4.69) is 26.1 Å². The molecule has 2 aromatic carbocycles. The molecule has 0 aliphatic carbocycles. The monoisotopic (exact) mass is 282 g/mol. The van der Waals surface area contributed by atoms with E-state index in [1.165, 1.54) is 0 Å². The van der Waals surface area contributed by atoms with Gasteiger partial charge in [0.1, 0.15) is 0 Å². The van der Waals surface area contributed by atoms with Crippen LogP contribution in [-0.2, 0) is 5.41 Å². The third-order valence-electron chi connectivity index (χ3n) is 3.49. The van der Waals surface area contributed by atoms with Crippen LogP contribution in [-0.4, -0.2) is 5.91 Å². The van der Waals surface area contributed by atoms with Gasteiger partial charge in [0.05, 0.1) is 0 Å². The number of aryl methyl sites for hydroxylation is 1. The lowest BCUT2D eigenvalue weighted by Gasteiger charge is -2.23. The lowest BCUT2D eigenvalue weighted by molar-refractivity contribution is 0.102. The molecule has 21 heavy (non-hydrogen) atoms.